The first-order valence-corrected chi connectivity index (χ1v) is 3.67. The number of hydrogen-bond acceptors (Lipinski definition) is 1. The van der Waals surface area contributed by atoms with E-state index >= 15 is 0 Å². The molecule has 0 aromatic rings. The molecule has 0 aliphatic rings. The quantitative estimate of drug-likeness (QED) is 0.432. The van der Waals surface area contributed by atoms with Gasteiger partial charge in [-0.2, -0.15) is 0 Å². The lowest BCUT2D eigenvalue weighted by Gasteiger charge is -1.94. The Morgan fingerprint density at radius 3 is 2.36 bits per heavy atom. The van der Waals surface area contributed by atoms with Crippen LogP contribution < -0.4 is 0 Å². The van der Waals surface area contributed by atoms with E-state index in [1.807, 2.05) is 32.9 Å². The maximum Gasteiger partial charge on any atom is 0.0612 e. The van der Waals surface area contributed by atoms with Gasteiger partial charge in [-0.1, -0.05) is 24.3 Å². The summed E-state index contributed by atoms with van der Waals surface area (Å²) in [7, 11) is 0. The number of aliphatic imine (C=N–C) groups is 1. The summed E-state index contributed by atoms with van der Waals surface area (Å²) in [5.74, 6) is 0. The Labute approximate surface area is 68.9 Å². The Hall–Kier alpha value is -1.11. The zero-order valence-corrected chi connectivity index (χ0v) is 7.46. The third kappa shape index (κ3) is 4.31. The van der Waals surface area contributed by atoms with Crippen molar-refractivity contribution < 1.29 is 0 Å². The monoisotopic (exact) mass is 149 g/mol. The molecule has 0 heterocycles. The summed E-state index contributed by atoms with van der Waals surface area (Å²) in [5, 5.41) is 0. The molecular weight excluding hydrogens is 134 g/mol. The van der Waals surface area contributed by atoms with Crippen LogP contribution in [0.4, 0.5) is 0 Å². The summed E-state index contributed by atoms with van der Waals surface area (Å²) < 4.78 is 0. The van der Waals surface area contributed by atoms with Crippen molar-refractivity contribution in [1.82, 2.24) is 0 Å². The molecule has 11 heavy (non-hydrogen) atoms. The summed E-state index contributed by atoms with van der Waals surface area (Å²) >= 11 is 0. The van der Waals surface area contributed by atoms with Gasteiger partial charge < -0.3 is 0 Å². The van der Waals surface area contributed by atoms with Crippen molar-refractivity contribution in [3.63, 3.8) is 0 Å². The Kier molecular flexibility index (Phi) is 5.09. The Morgan fingerprint density at radius 2 is 2.00 bits per heavy atom. The Balaban J connectivity index is 4.49. The molecular formula is C10H15N. The van der Waals surface area contributed by atoms with Crippen molar-refractivity contribution in [2.24, 2.45) is 4.99 Å². The van der Waals surface area contributed by atoms with Crippen LogP contribution in [-0.4, -0.2) is 6.21 Å². The van der Waals surface area contributed by atoms with E-state index in [1.165, 1.54) is 5.57 Å². The second-order valence-corrected chi connectivity index (χ2v) is 2.40. The molecule has 1 heteroatoms. The molecule has 0 N–H and O–H groups in total. The van der Waals surface area contributed by atoms with Crippen LogP contribution in [0, 0.1) is 0 Å². The maximum atomic E-state index is 4.18. The molecule has 0 saturated heterocycles. The molecule has 0 rings (SSSR count). The van der Waals surface area contributed by atoms with Crippen LogP contribution in [0.3, 0.4) is 0 Å². The topological polar surface area (TPSA) is 12.4 Å². The van der Waals surface area contributed by atoms with Gasteiger partial charge in [-0.15, -0.1) is 0 Å². The lowest BCUT2D eigenvalue weighted by molar-refractivity contribution is 1.25. The molecule has 0 fully saturated rings. The molecule has 0 aliphatic heterocycles. The highest BCUT2D eigenvalue weighted by molar-refractivity contribution is 5.71. The summed E-state index contributed by atoms with van der Waals surface area (Å²) in [5.41, 5.74) is 2.22. The molecule has 1 nitrogen and oxygen atoms in total. The highest BCUT2D eigenvalue weighted by Crippen LogP contribution is 2.05. The fourth-order valence-electron chi connectivity index (χ4n) is 0.630. The van der Waals surface area contributed by atoms with E-state index in [0.717, 1.165) is 5.70 Å². The summed E-state index contributed by atoms with van der Waals surface area (Å²) in [6, 6.07) is 0. The van der Waals surface area contributed by atoms with Gasteiger partial charge in [-0.3, -0.25) is 4.99 Å². The number of allylic oxidation sites excluding steroid dienone is 4. The van der Waals surface area contributed by atoms with Gasteiger partial charge in [-0.05, 0) is 26.8 Å². The smallest absolute Gasteiger partial charge is 0.0612 e. The van der Waals surface area contributed by atoms with E-state index < -0.39 is 0 Å². The van der Waals surface area contributed by atoms with E-state index in [1.54, 1.807) is 12.3 Å². The first kappa shape index (κ1) is 9.89. The first-order valence-electron chi connectivity index (χ1n) is 3.67. The number of nitrogens with zero attached hydrogens (tertiary/aromatic N) is 1. The lowest BCUT2D eigenvalue weighted by Crippen LogP contribution is -1.77. The van der Waals surface area contributed by atoms with Gasteiger partial charge >= 0.3 is 0 Å². The van der Waals surface area contributed by atoms with Crippen molar-refractivity contribution >= 4 is 6.21 Å². The molecule has 0 bridgehead atoms. The Bertz CT molecular complexity index is 203. The van der Waals surface area contributed by atoms with Gasteiger partial charge in [0.15, 0.2) is 0 Å². The average Bonchev–Trinajstić information content (AvgIpc) is 1.97. The normalized spacial score (nSPS) is 10.8. The zero-order chi connectivity index (χ0) is 8.69. The van der Waals surface area contributed by atoms with Gasteiger partial charge in [0.2, 0.25) is 0 Å². The third-order valence-electron chi connectivity index (χ3n) is 1.16. The van der Waals surface area contributed by atoms with E-state index in [0.29, 0.717) is 0 Å². The van der Waals surface area contributed by atoms with Crippen molar-refractivity contribution in [1.29, 1.82) is 0 Å². The predicted molar refractivity (Wildman–Crippen MR) is 51.9 cm³/mol. The molecule has 0 unspecified atom stereocenters. The molecule has 0 aromatic heterocycles. The Morgan fingerprint density at radius 1 is 1.36 bits per heavy atom. The lowest BCUT2D eigenvalue weighted by atomic mass is 10.2. The summed E-state index contributed by atoms with van der Waals surface area (Å²) in [6.07, 6.45) is 7.33. The van der Waals surface area contributed by atoms with Crippen molar-refractivity contribution in [2.75, 3.05) is 0 Å². The molecule has 0 saturated carbocycles. The van der Waals surface area contributed by atoms with Crippen molar-refractivity contribution in [3.8, 4) is 0 Å². The van der Waals surface area contributed by atoms with Crippen LogP contribution in [0.15, 0.2) is 41.1 Å². The maximum absolute atomic E-state index is 4.18. The van der Waals surface area contributed by atoms with Gasteiger partial charge in [0.25, 0.3) is 0 Å². The molecule has 0 spiro atoms. The second kappa shape index (κ2) is 5.66. The highest BCUT2D eigenvalue weighted by Gasteiger charge is 1.87. The summed E-state index contributed by atoms with van der Waals surface area (Å²) in [6.45, 7) is 9.61. The third-order valence-corrected chi connectivity index (χ3v) is 1.16. The molecule has 60 valence electrons. The largest absolute Gasteiger partial charge is 0.257 e. The van der Waals surface area contributed by atoms with E-state index in [2.05, 4.69) is 11.6 Å². The van der Waals surface area contributed by atoms with Crippen LogP contribution >= 0.6 is 0 Å². The highest BCUT2D eigenvalue weighted by atomic mass is 14.7. The van der Waals surface area contributed by atoms with Crippen LogP contribution in [0.5, 0.6) is 0 Å². The van der Waals surface area contributed by atoms with Crippen molar-refractivity contribution in [2.45, 2.75) is 20.8 Å². The molecule has 0 aromatic carbocycles. The second-order valence-electron chi connectivity index (χ2n) is 2.40. The van der Waals surface area contributed by atoms with Crippen LogP contribution in [0.25, 0.3) is 0 Å². The van der Waals surface area contributed by atoms with Gasteiger partial charge in [0.1, 0.15) is 0 Å². The SMILES string of the molecule is C=CC=NC(/C=C/C)=C(C)C. The minimum Gasteiger partial charge on any atom is -0.257 e. The molecule has 0 radical (unpaired) electrons. The predicted octanol–water partition coefficient (Wildman–Crippen LogP) is 3.11. The molecule has 0 aliphatic carbocycles. The van der Waals surface area contributed by atoms with E-state index in [-0.39, 0.29) is 0 Å². The van der Waals surface area contributed by atoms with E-state index in [4.69, 9.17) is 0 Å². The van der Waals surface area contributed by atoms with Gasteiger partial charge in [0.05, 0.1) is 5.70 Å². The number of hydrogen-bond donors (Lipinski definition) is 0. The average molecular weight is 149 g/mol. The van der Waals surface area contributed by atoms with Crippen molar-refractivity contribution in [3.05, 3.63) is 36.1 Å². The standard InChI is InChI=1S/C10H15N/c1-5-7-10(9(3)4)11-8-6-2/h5-8H,2H2,1,3-4H3/b7-5+,11-8?. The minimum atomic E-state index is 1.01. The van der Waals surface area contributed by atoms with Gasteiger partial charge in [0, 0.05) is 6.21 Å². The fourth-order valence-corrected chi connectivity index (χ4v) is 0.630. The van der Waals surface area contributed by atoms with E-state index in [9.17, 15) is 0 Å². The summed E-state index contributed by atoms with van der Waals surface area (Å²) in [4.78, 5) is 4.18. The molecule has 0 amide bonds. The minimum absolute atomic E-state index is 1.01. The first-order chi connectivity index (χ1) is 5.22. The molecule has 0 atom stereocenters. The van der Waals surface area contributed by atoms with Crippen LogP contribution in [0.2, 0.25) is 0 Å². The zero-order valence-electron chi connectivity index (χ0n) is 7.46. The number of rotatable bonds is 3. The van der Waals surface area contributed by atoms with Gasteiger partial charge in [-0.25, -0.2) is 0 Å². The fraction of sp³-hybridized carbons (Fsp3) is 0.300. The van der Waals surface area contributed by atoms with Crippen LogP contribution in [0.1, 0.15) is 20.8 Å². The van der Waals surface area contributed by atoms with Crippen LogP contribution in [-0.2, 0) is 0 Å².